The van der Waals surface area contributed by atoms with Crippen LogP contribution in [0.4, 0.5) is 5.69 Å². The van der Waals surface area contributed by atoms with Gasteiger partial charge in [0.15, 0.2) is 0 Å². The van der Waals surface area contributed by atoms with Gasteiger partial charge in [-0.25, -0.2) is 0 Å². The number of carbonyl (C=O) groups excluding carboxylic acids is 4. The van der Waals surface area contributed by atoms with E-state index in [1.807, 2.05) is 30.3 Å². The van der Waals surface area contributed by atoms with Crippen molar-refractivity contribution in [2.45, 2.75) is 42.7 Å². The minimum Gasteiger partial charge on any atom is -0.455 e. The van der Waals surface area contributed by atoms with Crippen LogP contribution in [0.1, 0.15) is 36.1 Å². The van der Waals surface area contributed by atoms with Crippen LogP contribution in [0, 0.1) is 11.8 Å². The summed E-state index contributed by atoms with van der Waals surface area (Å²) in [4.78, 5) is 59.9. The zero-order chi connectivity index (χ0) is 34.1. The molecule has 4 heterocycles. The molecule has 2 N–H and O–H groups in total. The summed E-state index contributed by atoms with van der Waals surface area (Å²) in [6.45, 7) is -0.371. The van der Waals surface area contributed by atoms with Crippen molar-refractivity contribution >= 4 is 41.0 Å². The first kappa shape index (κ1) is 32.8. The molecule has 0 aromatic heterocycles. The van der Waals surface area contributed by atoms with E-state index in [9.17, 15) is 19.5 Å². The largest absolute Gasteiger partial charge is 0.455 e. The molecule has 252 valence electrons. The SMILES string of the molecule is O=C1CC/C=C\CN(c2ccccc2Cl)C(=O)[C@@H]2N([C@H](CO)c3ccccc3)C(=O)[C@H]3[C@H](C(=O)O[C@H](c4ccccc4)CN1)[C@@H]1C=C[C@]23O1. The van der Waals surface area contributed by atoms with E-state index < -0.39 is 66.1 Å². The highest BCUT2D eigenvalue weighted by Crippen LogP contribution is 2.57. The summed E-state index contributed by atoms with van der Waals surface area (Å²) in [5.41, 5.74) is 0.185. The monoisotopic (exact) mass is 681 g/mol. The summed E-state index contributed by atoms with van der Waals surface area (Å²) < 4.78 is 12.7. The van der Waals surface area contributed by atoms with E-state index in [1.54, 1.807) is 78.9 Å². The fourth-order valence-corrected chi connectivity index (χ4v) is 7.81. The van der Waals surface area contributed by atoms with E-state index >= 15 is 4.79 Å². The zero-order valence-electron chi connectivity index (χ0n) is 26.6. The maximum atomic E-state index is 15.1. The first-order valence-electron chi connectivity index (χ1n) is 16.4. The Morgan fingerprint density at radius 3 is 2.37 bits per heavy atom. The van der Waals surface area contributed by atoms with Gasteiger partial charge in [-0.1, -0.05) is 109 Å². The van der Waals surface area contributed by atoms with Crippen LogP contribution < -0.4 is 10.2 Å². The Balaban J connectivity index is 1.36. The van der Waals surface area contributed by atoms with E-state index in [1.165, 1.54) is 9.80 Å². The van der Waals surface area contributed by atoms with E-state index in [-0.39, 0.29) is 25.4 Å². The van der Waals surface area contributed by atoms with E-state index in [4.69, 9.17) is 21.1 Å². The van der Waals surface area contributed by atoms with Gasteiger partial charge in [0.2, 0.25) is 11.8 Å². The van der Waals surface area contributed by atoms with E-state index in [2.05, 4.69) is 5.32 Å². The van der Waals surface area contributed by atoms with Gasteiger partial charge in [-0.05, 0) is 29.7 Å². The molecule has 7 atom stereocenters. The van der Waals surface area contributed by atoms with E-state index in [0.29, 0.717) is 28.3 Å². The van der Waals surface area contributed by atoms with Gasteiger partial charge < -0.3 is 29.7 Å². The number of rotatable bonds is 5. The van der Waals surface area contributed by atoms with Gasteiger partial charge in [0.1, 0.15) is 23.7 Å². The van der Waals surface area contributed by atoms with Crippen LogP contribution in [-0.2, 0) is 28.7 Å². The second-order valence-corrected chi connectivity index (χ2v) is 13.0. The second kappa shape index (κ2) is 13.6. The van der Waals surface area contributed by atoms with Gasteiger partial charge in [-0.3, -0.25) is 19.2 Å². The zero-order valence-corrected chi connectivity index (χ0v) is 27.3. The number of likely N-dealkylation sites (tertiary alicyclic amines) is 1. The molecule has 0 aliphatic carbocycles. The molecule has 2 fully saturated rings. The highest BCUT2D eigenvalue weighted by molar-refractivity contribution is 6.34. The Kier molecular flexibility index (Phi) is 9.11. The van der Waals surface area contributed by atoms with E-state index in [0.717, 1.165) is 0 Å². The minimum atomic E-state index is -1.53. The summed E-state index contributed by atoms with van der Waals surface area (Å²) >= 11 is 6.67. The Morgan fingerprint density at radius 1 is 0.918 bits per heavy atom. The number of para-hydroxylation sites is 1. The van der Waals surface area contributed by atoms with Crippen LogP contribution in [0.3, 0.4) is 0 Å². The Morgan fingerprint density at radius 2 is 1.63 bits per heavy atom. The average Bonchev–Trinajstić information content (AvgIpc) is 3.77. The maximum Gasteiger partial charge on any atom is 0.313 e. The highest BCUT2D eigenvalue weighted by Gasteiger charge is 2.74. The molecule has 49 heavy (non-hydrogen) atoms. The van der Waals surface area contributed by atoms with Gasteiger partial charge in [-0.2, -0.15) is 0 Å². The summed E-state index contributed by atoms with van der Waals surface area (Å²) in [7, 11) is 0. The minimum absolute atomic E-state index is 0.0320. The van der Waals surface area contributed by atoms with Crippen molar-refractivity contribution < 1.29 is 33.8 Å². The normalized spacial score (nSPS) is 29.8. The van der Waals surface area contributed by atoms with Crippen LogP contribution in [0.25, 0.3) is 0 Å². The third kappa shape index (κ3) is 5.83. The quantitative estimate of drug-likeness (QED) is 0.304. The lowest BCUT2D eigenvalue weighted by molar-refractivity contribution is -0.160. The molecule has 4 aliphatic rings. The van der Waals surface area contributed by atoms with Crippen molar-refractivity contribution in [1.29, 1.82) is 0 Å². The lowest BCUT2D eigenvalue weighted by Crippen LogP contribution is -2.57. The van der Waals surface area contributed by atoms with Gasteiger partial charge >= 0.3 is 5.97 Å². The number of nitrogens with zero attached hydrogens (tertiary/aromatic N) is 2. The molecule has 3 amide bonds. The van der Waals surface area contributed by atoms with Crippen LogP contribution in [0.15, 0.2) is 109 Å². The molecule has 5 bridgehead atoms. The number of ether oxygens (including phenoxy) is 2. The molecule has 1 spiro atoms. The molecule has 0 unspecified atom stereocenters. The Hall–Kier alpha value is -4.77. The van der Waals surface area contributed by atoms with Crippen molar-refractivity contribution in [2.24, 2.45) is 11.8 Å². The molecule has 0 saturated carbocycles. The molecule has 10 nitrogen and oxygen atoms in total. The maximum absolute atomic E-state index is 15.1. The predicted octanol–water partition coefficient (Wildman–Crippen LogP) is 4.31. The van der Waals surface area contributed by atoms with Crippen molar-refractivity contribution in [2.75, 3.05) is 24.6 Å². The average molecular weight is 682 g/mol. The van der Waals surface area contributed by atoms with Crippen molar-refractivity contribution in [3.63, 3.8) is 0 Å². The predicted molar refractivity (Wildman–Crippen MR) is 181 cm³/mol. The lowest BCUT2D eigenvalue weighted by Gasteiger charge is -2.39. The molecule has 2 saturated heterocycles. The van der Waals surface area contributed by atoms with Crippen molar-refractivity contribution in [3.05, 3.63) is 125 Å². The number of aliphatic hydroxyl groups is 1. The molecule has 3 aromatic rings. The Bertz CT molecular complexity index is 1800. The number of benzene rings is 3. The van der Waals surface area contributed by atoms with Crippen LogP contribution in [0.5, 0.6) is 0 Å². The molecule has 3 aromatic carbocycles. The third-order valence-electron chi connectivity index (χ3n) is 9.83. The van der Waals surface area contributed by atoms with Crippen LogP contribution in [0.2, 0.25) is 5.02 Å². The fraction of sp³-hybridized carbons (Fsp3) is 0.316. The summed E-state index contributed by atoms with van der Waals surface area (Å²) in [6, 6.07) is 22.8. The number of allylic oxidation sites excluding steroid dienone is 1. The molecule has 0 radical (unpaired) electrons. The van der Waals surface area contributed by atoms with Gasteiger partial charge in [0.25, 0.3) is 5.91 Å². The standard InChI is InChI=1S/C38H36ClN3O7/c39-26-16-9-10-17-27(26)41-21-11-3-8-18-31(44)40-22-30(25-14-6-2-7-15-25)48-37(47)32-29-19-20-38(49-29)33(32)35(45)42(34(38)36(41)46)28(23-43)24-12-4-1-5-13-24/h1-7,9-17,19-20,28-30,32-34,43H,8,18,21-23H2,(H,40,44)/b11-3-/t28-,29+,30+,32-,33-,34+,38-/m1/s1. The number of esters is 1. The van der Waals surface area contributed by atoms with Gasteiger partial charge in [0.05, 0.1) is 41.9 Å². The number of aliphatic hydroxyl groups excluding tert-OH is 1. The van der Waals surface area contributed by atoms with Crippen LogP contribution in [-0.4, -0.2) is 71.1 Å². The van der Waals surface area contributed by atoms with Gasteiger partial charge in [-0.15, -0.1) is 0 Å². The second-order valence-electron chi connectivity index (χ2n) is 12.6. The molecular weight excluding hydrogens is 646 g/mol. The first-order chi connectivity index (χ1) is 23.8. The van der Waals surface area contributed by atoms with Crippen LogP contribution >= 0.6 is 11.6 Å². The molecular formula is C38H36ClN3O7. The number of carbonyl (C=O) groups is 4. The number of anilines is 1. The molecule has 7 rings (SSSR count). The topological polar surface area (TPSA) is 125 Å². The van der Waals surface area contributed by atoms with Crippen molar-refractivity contribution in [1.82, 2.24) is 10.2 Å². The summed E-state index contributed by atoms with van der Waals surface area (Å²) in [5, 5.41) is 14.0. The number of nitrogens with one attached hydrogen (secondary N) is 1. The third-order valence-corrected chi connectivity index (χ3v) is 10.1. The smallest absolute Gasteiger partial charge is 0.313 e. The van der Waals surface area contributed by atoms with Crippen molar-refractivity contribution in [3.8, 4) is 0 Å². The molecule has 11 heteroatoms. The number of amides is 3. The highest BCUT2D eigenvalue weighted by atomic mass is 35.5. The number of fused-ring (bicyclic) bond motifs is 2. The lowest BCUT2D eigenvalue weighted by atomic mass is 9.74. The fourth-order valence-electron chi connectivity index (χ4n) is 7.57. The number of hydrogen-bond acceptors (Lipinski definition) is 7. The summed E-state index contributed by atoms with van der Waals surface area (Å²) in [6.07, 6.45) is 5.94. The summed E-state index contributed by atoms with van der Waals surface area (Å²) in [5.74, 6) is -4.11. The Labute approximate surface area is 288 Å². The first-order valence-corrected chi connectivity index (χ1v) is 16.8. The number of hydrogen-bond donors (Lipinski definition) is 2. The number of halogens is 1. The number of cyclic esters (lactones) is 1. The van der Waals surface area contributed by atoms with Gasteiger partial charge in [0, 0.05) is 13.0 Å². The molecule has 4 aliphatic heterocycles.